The Morgan fingerprint density at radius 2 is 2.21 bits per heavy atom. The summed E-state index contributed by atoms with van der Waals surface area (Å²) in [5.74, 6) is -0.0457. The molecule has 1 fully saturated rings. The molecule has 1 saturated heterocycles. The largest absolute Gasteiger partial charge is 0.505 e. The van der Waals surface area contributed by atoms with Crippen molar-refractivity contribution in [1.82, 2.24) is 4.98 Å². The number of carbonyl (C=O) groups excluding carboxylic acids is 1. The molecule has 3 N–H and O–H groups in total. The number of hydrogen-bond donors (Lipinski definition) is 2. The van der Waals surface area contributed by atoms with Crippen molar-refractivity contribution >= 4 is 28.1 Å². The number of rotatable bonds is 4. The van der Waals surface area contributed by atoms with E-state index in [-0.39, 0.29) is 17.6 Å². The molecule has 0 bridgehead atoms. The molecule has 0 spiro atoms. The van der Waals surface area contributed by atoms with E-state index in [4.69, 9.17) is 10.5 Å². The molecule has 1 aromatic carbocycles. The number of anilines is 2. The lowest BCUT2D eigenvalue weighted by Gasteiger charge is -2.30. The molecule has 0 atom stereocenters. The van der Waals surface area contributed by atoms with Gasteiger partial charge < -0.3 is 20.5 Å². The van der Waals surface area contributed by atoms with E-state index in [1.807, 2.05) is 12.3 Å². The van der Waals surface area contributed by atoms with E-state index >= 15 is 0 Å². The minimum Gasteiger partial charge on any atom is -0.505 e. The Morgan fingerprint density at radius 3 is 2.92 bits per heavy atom. The van der Waals surface area contributed by atoms with Crippen LogP contribution in [0.15, 0.2) is 23.6 Å². The second-order valence-electron chi connectivity index (χ2n) is 5.77. The van der Waals surface area contributed by atoms with Crippen LogP contribution in [0.4, 0.5) is 10.8 Å². The molecule has 0 amide bonds. The average molecular weight is 347 g/mol. The van der Waals surface area contributed by atoms with Crippen LogP contribution in [0, 0.1) is 5.92 Å². The number of nitrogens with zero attached hydrogens (tertiary/aromatic N) is 2. The van der Waals surface area contributed by atoms with Crippen LogP contribution < -0.4 is 10.6 Å². The maximum absolute atomic E-state index is 11.8. The van der Waals surface area contributed by atoms with Gasteiger partial charge in [0.1, 0.15) is 5.75 Å². The maximum Gasteiger partial charge on any atom is 0.309 e. The number of aromatic nitrogens is 1. The summed E-state index contributed by atoms with van der Waals surface area (Å²) in [6.45, 7) is 3.81. The monoisotopic (exact) mass is 347 g/mol. The van der Waals surface area contributed by atoms with Crippen LogP contribution in [0.25, 0.3) is 11.3 Å². The molecule has 3 rings (SSSR count). The number of thiazole rings is 1. The fourth-order valence-electron chi connectivity index (χ4n) is 2.87. The van der Waals surface area contributed by atoms with E-state index in [1.54, 1.807) is 18.2 Å². The van der Waals surface area contributed by atoms with Gasteiger partial charge >= 0.3 is 5.97 Å². The van der Waals surface area contributed by atoms with Crippen molar-refractivity contribution in [3.63, 3.8) is 0 Å². The van der Waals surface area contributed by atoms with Gasteiger partial charge in [0.15, 0.2) is 5.13 Å². The molecule has 6 nitrogen and oxygen atoms in total. The number of carbonyl (C=O) groups is 1. The minimum absolute atomic E-state index is 0.0152. The smallest absolute Gasteiger partial charge is 0.309 e. The van der Waals surface area contributed by atoms with E-state index in [1.165, 1.54) is 11.3 Å². The van der Waals surface area contributed by atoms with Crippen LogP contribution >= 0.6 is 11.3 Å². The predicted molar refractivity (Wildman–Crippen MR) is 95.2 cm³/mol. The highest BCUT2D eigenvalue weighted by Gasteiger charge is 2.27. The number of nitrogens with two attached hydrogens (primary N) is 1. The molecular formula is C17H21N3O3S. The normalized spacial score (nSPS) is 15.5. The summed E-state index contributed by atoms with van der Waals surface area (Å²) in [6.07, 6.45) is 1.55. The summed E-state index contributed by atoms with van der Waals surface area (Å²) >= 11 is 1.53. The SMILES string of the molecule is CCOC(=O)C1CCN(c2nc(-c3cccc(N)c3O)cs2)CC1. The van der Waals surface area contributed by atoms with Gasteiger partial charge in [-0.15, -0.1) is 11.3 Å². The molecule has 24 heavy (non-hydrogen) atoms. The lowest BCUT2D eigenvalue weighted by molar-refractivity contribution is -0.148. The van der Waals surface area contributed by atoms with E-state index < -0.39 is 0 Å². The first kappa shape index (κ1) is 16.6. The summed E-state index contributed by atoms with van der Waals surface area (Å²) in [4.78, 5) is 18.6. The molecule has 1 aliphatic rings. The summed E-state index contributed by atoms with van der Waals surface area (Å²) in [6, 6.07) is 5.26. The van der Waals surface area contributed by atoms with Crippen LogP contribution in [0.2, 0.25) is 0 Å². The summed E-state index contributed by atoms with van der Waals surface area (Å²) in [7, 11) is 0. The lowest BCUT2D eigenvalue weighted by atomic mass is 9.97. The Kier molecular flexibility index (Phi) is 4.89. The van der Waals surface area contributed by atoms with E-state index in [2.05, 4.69) is 9.88 Å². The van der Waals surface area contributed by atoms with Gasteiger partial charge in [0.25, 0.3) is 0 Å². The van der Waals surface area contributed by atoms with Gasteiger partial charge in [-0.3, -0.25) is 4.79 Å². The van der Waals surface area contributed by atoms with Crippen molar-refractivity contribution in [2.75, 3.05) is 30.3 Å². The number of phenols is 1. The minimum atomic E-state index is -0.0957. The predicted octanol–water partition coefficient (Wildman–Crippen LogP) is 2.88. The fourth-order valence-corrected chi connectivity index (χ4v) is 3.75. The first-order valence-electron chi connectivity index (χ1n) is 8.05. The quantitative estimate of drug-likeness (QED) is 0.502. The number of phenolic OH excluding ortho intramolecular Hbond substituents is 1. The third kappa shape index (κ3) is 3.31. The van der Waals surface area contributed by atoms with Crippen molar-refractivity contribution in [3.05, 3.63) is 23.6 Å². The molecular weight excluding hydrogens is 326 g/mol. The highest BCUT2D eigenvalue weighted by atomic mass is 32.1. The number of piperidine rings is 1. The van der Waals surface area contributed by atoms with Gasteiger partial charge in [0.05, 0.1) is 23.9 Å². The number of esters is 1. The van der Waals surface area contributed by atoms with Crippen molar-refractivity contribution in [2.24, 2.45) is 5.92 Å². The summed E-state index contributed by atoms with van der Waals surface area (Å²) in [5.41, 5.74) is 7.44. The van der Waals surface area contributed by atoms with Crippen molar-refractivity contribution in [2.45, 2.75) is 19.8 Å². The number of hydrogen-bond acceptors (Lipinski definition) is 7. The van der Waals surface area contributed by atoms with Crippen LogP contribution in [0.5, 0.6) is 5.75 Å². The van der Waals surface area contributed by atoms with E-state index in [0.29, 0.717) is 23.6 Å². The molecule has 7 heteroatoms. The van der Waals surface area contributed by atoms with Gasteiger partial charge in [-0.1, -0.05) is 6.07 Å². The van der Waals surface area contributed by atoms with Gasteiger partial charge in [-0.05, 0) is 31.9 Å². The molecule has 0 unspecified atom stereocenters. The number of para-hydroxylation sites is 1. The zero-order valence-electron chi connectivity index (χ0n) is 13.6. The Balaban J connectivity index is 1.69. The van der Waals surface area contributed by atoms with Gasteiger partial charge in [-0.25, -0.2) is 4.98 Å². The Labute approximate surface area is 144 Å². The zero-order chi connectivity index (χ0) is 17.1. The van der Waals surface area contributed by atoms with Crippen LogP contribution in [-0.2, 0) is 9.53 Å². The van der Waals surface area contributed by atoms with Crippen LogP contribution in [0.1, 0.15) is 19.8 Å². The zero-order valence-corrected chi connectivity index (χ0v) is 14.4. The lowest BCUT2D eigenvalue weighted by Crippen LogP contribution is -2.36. The first-order valence-corrected chi connectivity index (χ1v) is 8.93. The van der Waals surface area contributed by atoms with E-state index in [9.17, 15) is 9.90 Å². The number of aromatic hydroxyl groups is 1. The van der Waals surface area contributed by atoms with Gasteiger partial charge in [0.2, 0.25) is 0 Å². The highest BCUT2D eigenvalue weighted by Crippen LogP contribution is 2.36. The Morgan fingerprint density at radius 1 is 1.46 bits per heavy atom. The van der Waals surface area contributed by atoms with Crippen LogP contribution in [-0.4, -0.2) is 35.8 Å². The molecule has 0 saturated carbocycles. The Bertz CT molecular complexity index is 724. The maximum atomic E-state index is 11.8. The van der Waals surface area contributed by atoms with Crippen LogP contribution in [0.3, 0.4) is 0 Å². The molecule has 1 aliphatic heterocycles. The van der Waals surface area contributed by atoms with E-state index in [0.717, 1.165) is 31.1 Å². The van der Waals surface area contributed by atoms with Crippen molar-refractivity contribution in [3.8, 4) is 17.0 Å². The second-order valence-corrected chi connectivity index (χ2v) is 6.61. The fraction of sp³-hybridized carbons (Fsp3) is 0.412. The molecule has 2 aromatic rings. The number of ether oxygens (including phenoxy) is 1. The third-order valence-electron chi connectivity index (χ3n) is 4.22. The topological polar surface area (TPSA) is 88.7 Å². The molecule has 128 valence electrons. The third-order valence-corrected chi connectivity index (χ3v) is 5.12. The number of nitrogen functional groups attached to an aromatic ring is 1. The van der Waals surface area contributed by atoms with Gasteiger partial charge in [0, 0.05) is 24.0 Å². The van der Waals surface area contributed by atoms with Crippen molar-refractivity contribution < 1.29 is 14.6 Å². The summed E-state index contributed by atoms with van der Waals surface area (Å²) in [5, 5.41) is 12.9. The summed E-state index contributed by atoms with van der Waals surface area (Å²) < 4.78 is 5.10. The standard InChI is InChI=1S/C17H21N3O3S/c1-2-23-16(22)11-6-8-20(9-7-11)17-19-14(10-24-17)12-4-3-5-13(18)15(12)21/h3-5,10-11,21H,2,6-9,18H2,1H3. The molecule has 1 aromatic heterocycles. The van der Waals surface area contributed by atoms with Gasteiger partial charge in [-0.2, -0.15) is 0 Å². The number of benzene rings is 1. The Hall–Kier alpha value is -2.28. The highest BCUT2D eigenvalue weighted by molar-refractivity contribution is 7.14. The first-order chi connectivity index (χ1) is 11.6. The van der Waals surface area contributed by atoms with Crippen molar-refractivity contribution in [1.29, 1.82) is 0 Å². The molecule has 2 heterocycles. The molecule has 0 radical (unpaired) electrons. The molecule has 0 aliphatic carbocycles. The second kappa shape index (κ2) is 7.09. The average Bonchev–Trinajstić information content (AvgIpc) is 3.07.